The largest absolute Gasteiger partial charge is 0.350 e. The number of rotatable bonds is 10. The lowest BCUT2D eigenvalue weighted by molar-refractivity contribution is 0.664. The first-order valence-corrected chi connectivity index (χ1v) is 11.6. The third kappa shape index (κ3) is 6.64. The van der Waals surface area contributed by atoms with E-state index in [1.54, 1.807) is 0 Å². The quantitative estimate of drug-likeness (QED) is 0.209. The van der Waals surface area contributed by atoms with Gasteiger partial charge in [0, 0.05) is 19.0 Å². The molecule has 0 saturated carbocycles. The normalized spacial score (nSPS) is 12.2. The zero-order chi connectivity index (χ0) is 22.8. The van der Waals surface area contributed by atoms with Crippen LogP contribution in [0.5, 0.6) is 0 Å². The number of anilines is 2. The van der Waals surface area contributed by atoms with Gasteiger partial charge in [0.15, 0.2) is 0 Å². The van der Waals surface area contributed by atoms with Crippen molar-refractivity contribution >= 4 is 28.5 Å². The molecule has 0 saturated heterocycles. The molecule has 0 atom stereocenters. The van der Waals surface area contributed by atoms with Crippen molar-refractivity contribution in [1.29, 1.82) is 0 Å². The zero-order valence-corrected chi connectivity index (χ0v) is 19.8. The lowest BCUT2D eigenvalue weighted by Gasteiger charge is -2.13. The number of hydrogen-bond donors (Lipinski definition) is 2. The van der Waals surface area contributed by atoms with E-state index in [0.717, 1.165) is 29.0 Å². The Labute approximate surface area is 192 Å². The Morgan fingerprint density at radius 2 is 1.78 bits per heavy atom. The number of amidine groups is 1. The first-order valence-electron chi connectivity index (χ1n) is 11.6. The van der Waals surface area contributed by atoms with Crippen molar-refractivity contribution in [1.82, 2.24) is 9.97 Å². The van der Waals surface area contributed by atoms with Crippen molar-refractivity contribution < 1.29 is 0 Å². The fraction of sp³-hybridized carbons (Fsp3) is 0.370. The van der Waals surface area contributed by atoms with Crippen LogP contribution in [-0.4, -0.2) is 22.9 Å². The minimum Gasteiger partial charge on any atom is -0.350 e. The smallest absolute Gasteiger partial charge is 0.225 e. The molecule has 0 aliphatic heterocycles. The highest BCUT2D eigenvalue weighted by Crippen LogP contribution is 2.23. The number of para-hydroxylation sites is 1. The number of allylic oxidation sites excluding steroid dienone is 1. The van der Waals surface area contributed by atoms with E-state index in [-0.39, 0.29) is 0 Å². The number of aryl methyl sites for hydroxylation is 1. The molecule has 5 nitrogen and oxygen atoms in total. The molecule has 0 unspecified atom stereocenters. The van der Waals surface area contributed by atoms with Crippen LogP contribution < -0.4 is 10.6 Å². The Kier molecular flexibility index (Phi) is 8.79. The van der Waals surface area contributed by atoms with Crippen LogP contribution in [0.25, 0.3) is 10.9 Å². The predicted octanol–water partition coefficient (Wildman–Crippen LogP) is 6.91. The molecule has 0 aliphatic rings. The van der Waals surface area contributed by atoms with E-state index in [1.165, 1.54) is 42.4 Å². The average Bonchev–Trinajstić information content (AvgIpc) is 2.81. The second-order valence-electron chi connectivity index (χ2n) is 8.23. The first-order chi connectivity index (χ1) is 15.6. The third-order valence-electron chi connectivity index (χ3n) is 5.60. The van der Waals surface area contributed by atoms with Crippen molar-refractivity contribution in [2.24, 2.45) is 4.99 Å². The molecule has 0 fully saturated rings. The number of nitrogens with one attached hydrogen (secondary N) is 2. The van der Waals surface area contributed by atoms with Crippen LogP contribution in [0.4, 0.5) is 11.8 Å². The minimum atomic E-state index is 0.602. The maximum Gasteiger partial charge on any atom is 0.225 e. The van der Waals surface area contributed by atoms with Gasteiger partial charge in [-0.25, -0.2) is 4.98 Å². The molecule has 0 bridgehead atoms. The van der Waals surface area contributed by atoms with Gasteiger partial charge >= 0.3 is 0 Å². The molecule has 0 amide bonds. The molecule has 0 radical (unpaired) electrons. The Hall–Kier alpha value is -3.21. The van der Waals surface area contributed by atoms with Crippen LogP contribution in [0.1, 0.15) is 57.1 Å². The second-order valence-corrected chi connectivity index (χ2v) is 8.23. The molecule has 1 aromatic heterocycles. The summed E-state index contributed by atoms with van der Waals surface area (Å²) in [6, 6.07) is 16.4. The summed E-state index contributed by atoms with van der Waals surface area (Å²) in [5.41, 5.74) is 4.70. The van der Waals surface area contributed by atoms with E-state index >= 15 is 0 Å². The van der Waals surface area contributed by atoms with Crippen LogP contribution in [0, 0.1) is 6.92 Å². The molecule has 32 heavy (non-hydrogen) atoms. The number of fused-ring (bicyclic) bond motifs is 1. The molecule has 5 heteroatoms. The Morgan fingerprint density at radius 1 is 1.00 bits per heavy atom. The summed E-state index contributed by atoms with van der Waals surface area (Å²) in [6.07, 6.45) is 8.27. The van der Waals surface area contributed by atoms with Crippen LogP contribution in [0.2, 0.25) is 0 Å². The van der Waals surface area contributed by atoms with Gasteiger partial charge in [0.2, 0.25) is 5.95 Å². The minimum absolute atomic E-state index is 0.602. The van der Waals surface area contributed by atoms with Gasteiger partial charge in [0.05, 0.1) is 5.52 Å². The summed E-state index contributed by atoms with van der Waals surface area (Å²) in [5, 5.41) is 7.80. The maximum absolute atomic E-state index is 4.78. The van der Waals surface area contributed by atoms with Crippen molar-refractivity contribution in [2.45, 2.75) is 59.4 Å². The molecule has 2 N–H and O–H groups in total. The van der Waals surface area contributed by atoms with E-state index in [4.69, 9.17) is 9.97 Å². The molecular weight excluding hydrogens is 394 g/mol. The zero-order valence-electron chi connectivity index (χ0n) is 19.8. The van der Waals surface area contributed by atoms with Gasteiger partial charge in [-0.2, -0.15) is 4.98 Å². The third-order valence-corrected chi connectivity index (χ3v) is 5.60. The van der Waals surface area contributed by atoms with Crippen molar-refractivity contribution in [3.63, 3.8) is 0 Å². The highest BCUT2D eigenvalue weighted by molar-refractivity contribution is 6.07. The van der Waals surface area contributed by atoms with Gasteiger partial charge in [0.1, 0.15) is 11.7 Å². The first kappa shape index (κ1) is 23.5. The summed E-state index contributed by atoms with van der Waals surface area (Å²) in [7, 11) is 1.81. The molecule has 0 spiro atoms. The van der Waals surface area contributed by atoms with Crippen LogP contribution in [0.15, 0.2) is 65.2 Å². The lowest BCUT2D eigenvalue weighted by Crippen LogP contribution is -2.13. The Morgan fingerprint density at radius 3 is 2.56 bits per heavy atom. The fourth-order valence-electron chi connectivity index (χ4n) is 3.65. The Bertz CT molecular complexity index is 1080. The van der Waals surface area contributed by atoms with Crippen molar-refractivity contribution in [3.8, 4) is 0 Å². The number of unbranched alkanes of at least 4 members (excludes halogenated alkanes) is 3. The standard InChI is InChI=1S/C27H35N5/c1-5-6-7-8-13-20(2)18-25(28-4)31-26-23-16-11-12-17-24(23)30-27(32-26)29-19-22-15-10-9-14-21(22)3/h9-12,14-18H,5-8,13,19H2,1-4H3,(H2,28,29,30,31,32)/b20-18+. The number of benzene rings is 2. The summed E-state index contributed by atoms with van der Waals surface area (Å²) in [6.45, 7) is 7.21. The van der Waals surface area contributed by atoms with Crippen LogP contribution >= 0.6 is 0 Å². The maximum atomic E-state index is 4.78. The van der Waals surface area contributed by atoms with Gasteiger partial charge in [-0.1, -0.05) is 68.2 Å². The molecule has 1 heterocycles. The highest BCUT2D eigenvalue weighted by Gasteiger charge is 2.09. The molecule has 2 aromatic carbocycles. The summed E-state index contributed by atoms with van der Waals surface area (Å²) >= 11 is 0. The molecular formula is C27H35N5. The van der Waals surface area contributed by atoms with Crippen LogP contribution in [0.3, 0.4) is 0 Å². The van der Waals surface area contributed by atoms with Gasteiger partial charge in [0.25, 0.3) is 0 Å². The summed E-state index contributed by atoms with van der Waals surface area (Å²) in [4.78, 5) is 14.0. The molecule has 3 aromatic rings. The van der Waals surface area contributed by atoms with E-state index in [1.807, 2.05) is 31.3 Å². The van der Waals surface area contributed by atoms with E-state index in [9.17, 15) is 0 Å². The Balaban J connectivity index is 1.79. The van der Waals surface area contributed by atoms with E-state index < -0.39 is 0 Å². The van der Waals surface area contributed by atoms with E-state index in [0.29, 0.717) is 12.5 Å². The van der Waals surface area contributed by atoms with Gasteiger partial charge in [-0.3, -0.25) is 4.99 Å². The van der Waals surface area contributed by atoms with Crippen molar-refractivity contribution in [2.75, 3.05) is 17.7 Å². The fourth-order valence-corrected chi connectivity index (χ4v) is 3.65. The van der Waals surface area contributed by atoms with Crippen molar-refractivity contribution in [3.05, 3.63) is 71.3 Å². The van der Waals surface area contributed by atoms with Gasteiger partial charge < -0.3 is 10.6 Å². The van der Waals surface area contributed by atoms with Gasteiger partial charge in [-0.15, -0.1) is 0 Å². The average molecular weight is 430 g/mol. The molecule has 3 rings (SSSR count). The number of aliphatic imine (C=N–C) groups is 1. The SMILES string of the molecule is CCCCCC/C(C)=C/C(=NC)Nc1nc(NCc2ccccc2C)nc2ccccc12. The number of aromatic nitrogens is 2. The number of hydrogen-bond acceptors (Lipinski definition) is 4. The number of nitrogens with zero attached hydrogens (tertiary/aromatic N) is 3. The predicted molar refractivity (Wildman–Crippen MR) is 138 cm³/mol. The topological polar surface area (TPSA) is 62.2 Å². The summed E-state index contributed by atoms with van der Waals surface area (Å²) in [5.74, 6) is 2.18. The molecule has 168 valence electrons. The van der Waals surface area contributed by atoms with Crippen LogP contribution in [-0.2, 0) is 6.54 Å². The second kappa shape index (κ2) is 12.0. The summed E-state index contributed by atoms with van der Waals surface area (Å²) < 4.78 is 0. The lowest BCUT2D eigenvalue weighted by atomic mass is 10.1. The van der Waals surface area contributed by atoms with E-state index in [2.05, 4.69) is 66.7 Å². The van der Waals surface area contributed by atoms with Gasteiger partial charge in [-0.05, 0) is 56.0 Å². The molecule has 0 aliphatic carbocycles. The highest BCUT2D eigenvalue weighted by atomic mass is 15.2. The monoisotopic (exact) mass is 429 g/mol.